The van der Waals surface area contributed by atoms with Crippen LogP contribution in [0.2, 0.25) is 0 Å². The molecule has 0 aliphatic rings. The second-order valence-corrected chi connectivity index (χ2v) is 3.54. The molecule has 0 bridgehead atoms. The third-order valence-electron chi connectivity index (χ3n) is 2.27. The summed E-state index contributed by atoms with van der Waals surface area (Å²) in [6, 6.07) is 3.26. The van der Waals surface area contributed by atoms with Crippen LogP contribution in [0, 0.1) is 15.9 Å². The zero-order valence-electron chi connectivity index (χ0n) is 9.06. The summed E-state index contributed by atoms with van der Waals surface area (Å²) in [7, 11) is 0. The van der Waals surface area contributed by atoms with Gasteiger partial charge in [0, 0.05) is 12.3 Å². The molecule has 9 heteroatoms. The Hall–Kier alpha value is -2.45. The Morgan fingerprint density at radius 3 is 2.42 bits per heavy atom. The van der Waals surface area contributed by atoms with E-state index in [1.54, 1.807) is 0 Å². The topological polar surface area (TPSA) is 61.0 Å². The number of nitrogens with zero attached hydrogens (tertiary/aromatic N) is 3. The number of benzene rings is 1. The summed E-state index contributed by atoms with van der Waals surface area (Å²) < 4.78 is 51.2. The SMILES string of the molecule is O=[N+]([O-])c1ccc(-n2ccc(C(F)(F)F)n2)c(F)c1. The van der Waals surface area contributed by atoms with E-state index in [1.165, 1.54) is 0 Å². The van der Waals surface area contributed by atoms with Crippen molar-refractivity contribution in [2.24, 2.45) is 0 Å². The summed E-state index contributed by atoms with van der Waals surface area (Å²) in [5, 5.41) is 13.6. The van der Waals surface area contributed by atoms with Gasteiger partial charge in [-0.3, -0.25) is 10.1 Å². The first kappa shape index (κ1) is 13.0. The van der Waals surface area contributed by atoms with Crippen LogP contribution in [0.1, 0.15) is 5.69 Å². The highest BCUT2D eigenvalue weighted by Gasteiger charge is 2.33. The summed E-state index contributed by atoms with van der Waals surface area (Å²) in [4.78, 5) is 9.60. The van der Waals surface area contributed by atoms with E-state index >= 15 is 0 Å². The van der Waals surface area contributed by atoms with Crippen molar-refractivity contribution in [3.05, 3.63) is 52.1 Å². The number of rotatable bonds is 2. The molecule has 5 nitrogen and oxygen atoms in total. The molecule has 19 heavy (non-hydrogen) atoms. The van der Waals surface area contributed by atoms with Crippen LogP contribution >= 0.6 is 0 Å². The Bertz CT molecular complexity index is 636. The van der Waals surface area contributed by atoms with Gasteiger partial charge in [-0.05, 0) is 12.1 Å². The van der Waals surface area contributed by atoms with E-state index in [-0.39, 0.29) is 5.69 Å². The molecule has 0 atom stereocenters. The van der Waals surface area contributed by atoms with Gasteiger partial charge in [0.1, 0.15) is 5.69 Å². The maximum Gasteiger partial charge on any atom is 0.435 e. The number of nitro benzene ring substituents is 1. The second kappa shape index (κ2) is 4.34. The maximum atomic E-state index is 13.6. The van der Waals surface area contributed by atoms with Gasteiger partial charge >= 0.3 is 6.18 Å². The third-order valence-corrected chi connectivity index (χ3v) is 2.27. The van der Waals surface area contributed by atoms with Crippen molar-refractivity contribution in [3.8, 4) is 5.69 Å². The van der Waals surface area contributed by atoms with Gasteiger partial charge in [-0.25, -0.2) is 9.07 Å². The van der Waals surface area contributed by atoms with Crippen LogP contribution in [-0.4, -0.2) is 14.7 Å². The third kappa shape index (κ3) is 2.54. The van der Waals surface area contributed by atoms with Crippen LogP contribution in [0.15, 0.2) is 30.5 Å². The van der Waals surface area contributed by atoms with Crippen LogP contribution in [-0.2, 0) is 6.18 Å². The highest BCUT2D eigenvalue weighted by molar-refractivity contribution is 5.42. The van der Waals surface area contributed by atoms with Crippen molar-refractivity contribution >= 4 is 5.69 Å². The first-order valence-electron chi connectivity index (χ1n) is 4.86. The first-order chi connectivity index (χ1) is 8.79. The normalized spacial score (nSPS) is 11.6. The number of halogens is 4. The summed E-state index contributed by atoms with van der Waals surface area (Å²) in [6.07, 6.45) is -3.71. The highest BCUT2D eigenvalue weighted by atomic mass is 19.4. The smallest absolute Gasteiger partial charge is 0.258 e. The molecule has 2 aromatic rings. The molecule has 100 valence electrons. The first-order valence-corrected chi connectivity index (χ1v) is 4.86. The molecule has 1 heterocycles. The largest absolute Gasteiger partial charge is 0.435 e. The lowest BCUT2D eigenvalue weighted by Gasteiger charge is -2.04. The van der Waals surface area contributed by atoms with Crippen molar-refractivity contribution in [1.29, 1.82) is 0 Å². The van der Waals surface area contributed by atoms with Crippen LogP contribution < -0.4 is 0 Å². The molecule has 0 amide bonds. The number of alkyl halides is 3. The number of non-ortho nitro benzene ring substituents is 1. The van der Waals surface area contributed by atoms with Crippen LogP contribution in [0.5, 0.6) is 0 Å². The van der Waals surface area contributed by atoms with Crippen molar-refractivity contribution < 1.29 is 22.5 Å². The molecule has 0 saturated carbocycles. The lowest BCUT2D eigenvalue weighted by atomic mass is 10.2. The predicted octanol–water partition coefficient (Wildman–Crippen LogP) is 2.94. The monoisotopic (exact) mass is 275 g/mol. The zero-order chi connectivity index (χ0) is 14.2. The van der Waals surface area contributed by atoms with Gasteiger partial charge in [-0.2, -0.15) is 18.3 Å². The van der Waals surface area contributed by atoms with E-state index in [0.29, 0.717) is 16.8 Å². The zero-order valence-corrected chi connectivity index (χ0v) is 9.06. The second-order valence-electron chi connectivity index (χ2n) is 3.54. The molecule has 0 aliphatic heterocycles. The molecule has 0 aliphatic carbocycles. The Labute approximate surface area is 103 Å². The molecule has 2 rings (SSSR count). The van der Waals surface area contributed by atoms with Crippen molar-refractivity contribution in [3.63, 3.8) is 0 Å². The maximum absolute atomic E-state index is 13.6. The van der Waals surface area contributed by atoms with E-state index in [9.17, 15) is 27.7 Å². The summed E-state index contributed by atoms with van der Waals surface area (Å²) >= 11 is 0. The number of hydrogen-bond donors (Lipinski definition) is 0. The molecular formula is C10H5F4N3O2. The minimum absolute atomic E-state index is 0.305. The van der Waals surface area contributed by atoms with Crippen molar-refractivity contribution in [1.82, 2.24) is 9.78 Å². The van der Waals surface area contributed by atoms with Gasteiger partial charge in [0.15, 0.2) is 11.5 Å². The van der Waals surface area contributed by atoms with E-state index < -0.39 is 28.3 Å². The fourth-order valence-electron chi connectivity index (χ4n) is 1.40. The molecule has 0 radical (unpaired) electrons. The van der Waals surface area contributed by atoms with Gasteiger partial charge in [0.25, 0.3) is 5.69 Å². The number of aromatic nitrogens is 2. The van der Waals surface area contributed by atoms with E-state index in [0.717, 1.165) is 18.3 Å². The average Bonchev–Trinajstić information content (AvgIpc) is 2.77. The van der Waals surface area contributed by atoms with E-state index in [2.05, 4.69) is 5.10 Å². The number of hydrogen-bond acceptors (Lipinski definition) is 3. The van der Waals surface area contributed by atoms with Crippen LogP contribution in [0.25, 0.3) is 5.69 Å². The van der Waals surface area contributed by atoms with Gasteiger partial charge in [-0.15, -0.1) is 0 Å². The van der Waals surface area contributed by atoms with E-state index in [4.69, 9.17) is 0 Å². The quantitative estimate of drug-likeness (QED) is 0.481. The van der Waals surface area contributed by atoms with Crippen molar-refractivity contribution in [2.45, 2.75) is 6.18 Å². The van der Waals surface area contributed by atoms with Crippen LogP contribution in [0.4, 0.5) is 23.2 Å². The lowest BCUT2D eigenvalue weighted by molar-refractivity contribution is -0.385. The minimum Gasteiger partial charge on any atom is -0.258 e. The van der Waals surface area contributed by atoms with Gasteiger partial charge in [0.05, 0.1) is 11.0 Å². The molecule has 0 saturated heterocycles. The Morgan fingerprint density at radius 1 is 1.26 bits per heavy atom. The molecule has 0 N–H and O–H groups in total. The Morgan fingerprint density at radius 2 is 1.95 bits per heavy atom. The average molecular weight is 275 g/mol. The van der Waals surface area contributed by atoms with Gasteiger partial charge < -0.3 is 0 Å². The van der Waals surface area contributed by atoms with E-state index in [1.807, 2.05) is 0 Å². The van der Waals surface area contributed by atoms with Gasteiger partial charge in [-0.1, -0.05) is 0 Å². The highest BCUT2D eigenvalue weighted by Crippen LogP contribution is 2.28. The molecule has 1 aromatic heterocycles. The molecule has 0 spiro atoms. The predicted molar refractivity (Wildman–Crippen MR) is 55.2 cm³/mol. The number of nitro groups is 1. The summed E-state index contributed by atoms with van der Waals surface area (Å²) in [6.45, 7) is 0. The molecular weight excluding hydrogens is 270 g/mol. The molecule has 0 fully saturated rings. The summed E-state index contributed by atoms with van der Waals surface area (Å²) in [5.74, 6) is -1.04. The van der Waals surface area contributed by atoms with Crippen molar-refractivity contribution in [2.75, 3.05) is 0 Å². The van der Waals surface area contributed by atoms with Crippen LogP contribution in [0.3, 0.4) is 0 Å². The fourth-order valence-corrected chi connectivity index (χ4v) is 1.40. The lowest BCUT2D eigenvalue weighted by Crippen LogP contribution is -2.08. The minimum atomic E-state index is -4.64. The molecule has 1 aromatic carbocycles. The summed E-state index contributed by atoms with van der Waals surface area (Å²) in [5.41, 5.74) is -1.98. The Kier molecular flexibility index (Phi) is 2.97. The standard InChI is InChI=1S/C10H5F4N3O2/c11-7-5-6(17(18)19)1-2-8(7)16-4-3-9(15-16)10(12,13)14/h1-5H. The Balaban J connectivity index is 2.43. The molecule has 0 unspecified atom stereocenters. The fraction of sp³-hybridized carbons (Fsp3) is 0.100. The van der Waals surface area contributed by atoms with Gasteiger partial charge in [0.2, 0.25) is 0 Å².